The number of ether oxygens (including phenoxy) is 2. The van der Waals surface area contributed by atoms with E-state index in [1.54, 1.807) is 13.0 Å². The first-order valence-electron chi connectivity index (χ1n) is 7.11. The minimum absolute atomic E-state index is 0.145. The average molecular weight is 410 g/mol. The Morgan fingerprint density at radius 3 is 2.15 bits per heavy atom. The van der Waals surface area contributed by atoms with E-state index in [0.29, 0.717) is 17.4 Å². The molecule has 0 spiro atoms. The standard InChI is InChI=1S/C16H15ClF3NO4S/c1-9-6-14(24-2)15(25-3)8-13(9)21-26(22,23)10-4-5-12(17)11(7-10)16(18,19)20/h4-8,21H,1-3H3. The molecule has 2 rings (SSSR count). The van der Waals surface area contributed by atoms with Gasteiger partial charge in [0.1, 0.15) is 0 Å². The summed E-state index contributed by atoms with van der Waals surface area (Å²) in [5, 5.41) is -0.584. The van der Waals surface area contributed by atoms with E-state index < -0.39 is 31.7 Å². The molecule has 0 saturated carbocycles. The van der Waals surface area contributed by atoms with E-state index in [4.69, 9.17) is 21.1 Å². The van der Waals surface area contributed by atoms with Gasteiger partial charge in [-0.3, -0.25) is 4.72 Å². The van der Waals surface area contributed by atoms with E-state index in [2.05, 4.69) is 4.72 Å². The molecule has 0 aliphatic rings. The maximum absolute atomic E-state index is 13.0. The number of benzene rings is 2. The molecule has 2 aromatic rings. The third-order valence-corrected chi connectivity index (χ3v) is 5.22. The largest absolute Gasteiger partial charge is 0.493 e. The summed E-state index contributed by atoms with van der Waals surface area (Å²) >= 11 is 5.52. The van der Waals surface area contributed by atoms with Crippen LogP contribution in [0.1, 0.15) is 11.1 Å². The molecule has 0 aromatic heterocycles. The monoisotopic (exact) mass is 409 g/mol. The summed E-state index contributed by atoms with van der Waals surface area (Å²) < 4.78 is 76.4. The molecule has 1 N–H and O–H groups in total. The minimum Gasteiger partial charge on any atom is -0.493 e. The van der Waals surface area contributed by atoms with Crippen molar-refractivity contribution in [1.29, 1.82) is 0 Å². The molecular weight excluding hydrogens is 395 g/mol. The first kappa shape index (κ1) is 20.2. The zero-order valence-corrected chi connectivity index (χ0v) is 15.5. The summed E-state index contributed by atoms with van der Waals surface area (Å²) in [4.78, 5) is -0.566. The van der Waals surface area contributed by atoms with Gasteiger partial charge in [0, 0.05) is 6.07 Å². The minimum atomic E-state index is -4.78. The van der Waals surface area contributed by atoms with Crippen molar-refractivity contribution >= 4 is 27.3 Å². The van der Waals surface area contributed by atoms with Crippen LogP contribution in [0.5, 0.6) is 11.5 Å². The zero-order valence-electron chi connectivity index (χ0n) is 13.9. The van der Waals surface area contributed by atoms with E-state index in [0.717, 1.165) is 12.1 Å². The molecule has 142 valence electrons. The van der Waals surface area contributed by atoms with Gasteiger partial charge < -0.3 is 9.47 Å². The summed E-state index contributed by atoms with van der Waals surface area (Å²) in [6.45, 7) is 1.61. The molecule has 0 amide bonds. The number of halogens is 4. The van der Waals surface area contributed by atoms with Crippen molar-refractivity contribution in [2.75, 3.05) is 18.9 Å². The summed E-state index contributed by atoms with van der Waals surface area (Å²) in [6, 6.07) is 5.29. The fraction of sp³-hybridized carbons (Fsp3) is 0.250. The van der Waals surface area contributed by atoms with Gasteiger partial charge in [-0.25, -0.2) is 8.42 Å². The quantitative estimate of drug-likeness (QED) is 0.790. The van der Waals surface area contributed by atoms with Crippen molar-refractivity contribution in [1.82, 2.24) is 0 Å². The van der Waals surface area contributed by atoms with Crippen LogP contribution in [0.25, 0.3) is 0 Å². The average Bonchev–Trinajstić information content (AvgIpc) is 2.55. The molecule has 0 bridgehead atoms. The molecule has 5 nitrogen and oxygen atoms in total. The van der Waals surface area contributed by atoms with Crippen molar-refractivity contribution in [3.8, 4) is 11.5 Å². The van der Waals surface area contributed by atoms with Crippen LogP contribution in [0.2, 0.25) is 5.02 Å². The Kier molecular flexibility index (Phi) is 5.62. The molecule has 2 aromatic carbocycles. The van der Waals surface area contributed by atoms with Crippen molar-refractivity contribution in [2.45, 2.75) is 18.0 Å². The predicted molar refractivity (Wildman–Crippen MR) is 91.5 cm³/mol. The van der Waals surface area contributed by atoms with Gasteiger partial charge in [0.2, 0.25) is 0 Å². The molecule has 0 saturated heterocycles. The van der Waals surface area contributed by atoms with Gasteiger partial charge in [0.25, 0.3) is 10.0 Å². The Morgan fingerprint density at radius 1 is 1.04 bits per heavy atom. The number of sulfonamides is 1. The zero-order chi connectivity index (χ0) is 19.7. The molecule has 0 fully saturated rings. The molecule has 0 aliphatic heterocycles. The van der Waals surface area contributed by atoms with Gasteiger partial charge in [-0.1, -0.05) is 11.6 Å². The number of methoxy groups -OCH3 is 2. The molecule has 0 atom stereocenters. The van der Waals surface area contributed by atoms with Crippen LogP contribution in [-0.2, 0) is 16.2 Å². The summed E-state index contributed by atoms with van der Waals surface area (Å²) in [7, 11) is -1.49. The first-order chi connectivity index (χ1) is 12.0. The van der Waals surface area contributed by atoms with Crippen LogP contribution in [0.4, 0.5) is 18.9 Å². The summed E-state index contributed by atoms with van der Waals surface area (Å²) in [5.74, 6) is 0.654. The lowest BCUT2D eigenvalue weighted by Crippen LogP contribution is -2.15. The summed E-state index contributed by atoms with van der Waals surface area (Å²) in [6.07, 6.45) is -4.78. The topological polar surface area (TPSA) is 64.6 Å². The second-order valence-electron chi connectivity index (χ2n) is 5.27. The highest BCUT2D eigenvalue weighted by atomic mass is 35.5. The Hall–Kier alpha value is -2.13. The molecular formula is C16H15ClF3NO4S. The fourth-order valence-electron chi connectivity index (χ4n) is 2.18. The first-order valence-corrected chi connectivity index (χ1v) is 8.98. The van der Waals surface area contributed by atoms with E-state index >= 15 is 0 Å². The highest BCUT2D eigenvalue weighted by Gasteiger charge is 2.34. The van der Waals surface area contributed by atoms with Gasteiger partial charge in [-0.05, 0) is 36.8 Å². The number of hydrogen-bond donors (Lipinski definition) is 1. The number of alkyl halides is 3. The smallest absolute Gasteiger partial charge is 0.417 e. The Labute approximate surface area is 153 Å². The maximum atomic E-state index is 13.0. The second kappa shape index (κ2) is 7.24. The van der Waals surface area contributed by atoms with E-state index in [9.17, 15) is 21.6 Å². The van der Waals surface area contributed by atoms with Gasteiger partial charge in [0.05, 0.1) is 35.4 Å². The van der Waals surface area contributed by atoms with Crippen LogP contribution in [0.15, 0.2) is 35.2 Å². The van der Waals surface area contributed by atoms with E-state index in [1.165, 1.54) is 20.3 Å². The molecule has 10 heteroatoms. The van der Waals surface area contributed by atoms with Crippen LogP contribution in [-0.4, -0.2) is 22.6 Å². The van der Waals surface area contributed by atoms with Gasteiger partial charge in [-0.15, -0.1) is 0 Å². The van der Waals surface area contributed by atoms with Crippen molar-refractivity contribution in [3.05, 3.63) is 46.5 Å². The number of anilines is 1. The van der Waals surface area contributed by atoms with Crippen molar-refractivity contribution < 1.29 is 31.1 Å². The Morgan fingerprint density at radius 2 is 1.62 bits per heavy atom. The van der Waals surface area contributed by atoms with E-state index in [-0.39, 0.29) is 11.4 Å². The lowest BCUT2D eigenvalue weighted by atomic mass is 10.2. The highest BCUT2D eigenvalue weighted by molar-refractivity contribution is 7.92. The van der Waals surface area contributed by atoms with Gasteiger partial charge in [0.15, 0.2) is 11.5 Å². The molecule has 0 heterocycles. The third kappa shape index (κ3) is 4.16. The van der Waals surface area contributed by atoms with Crippen LogP contribution in [0, 0.1) is 6.92 Å². The van der Waals surface area contributed by atoms with Crippen molar-refractivity contribution in [3.63, 3.8) is 0 Å². The normalized spacial score (nSPS) is 12.0. The van der Waals surface area contributed by atoms with Crippen molar-refractivity contribution in [2.24, 2.45) is 0 Å². The number of hydrogen-bond acceptors (Lipinski definition) is 4. The lowest BCUT2D eigenvalue weighted by Gasteiger charge is -2.16. The fourth-order valence-corrected chi connectivity index (χ4v) is 3.56. The lowest BCUT2D eigenvalue weighted by molar-refractivity contribution is -0.137. The van der Waals surface area contributed by atoms with Crippen LogP contribution < -0.4 is 14.2 Å². The summed E-state index contributed by atoms with van der Waals surface area (Å²) in [5.41, 5.74) is -0.589. The highest BCUT2D eigenvalue weighted by Crippen LogP contribution is 2.37. The molecule has 26 heavy (non-hydrogen) atoms. The van der Waals surface area contributed by atoms with Gasteiger partial charge >= 0.3 is 6.18 Å². The van der Waals surface area contributed by atoms with Gasteiger partial charge in [-0.2, -0.15) is 13.2 Å². The second-order valence-corrected chi connectivity index (χ2v) is 7.36. The Bertz CT molecular complexity index is 930. The number of aryl methyl sites for hydroxylation is 1. The number of nitrogens with one attached hydrogen (secondary N) is 1. The molecule has 0 unspecified atom stereocenters. The predicted octanol–water partition coefficient (Wildman–Crippen LogP) is 4.49. The maximum Gasteiger partial charge on any atom is 0.417 e. The van der Waals surface area contributed by atoms with Crippen LogP contribution >= 0.6 is 11.6 Å². The number of rotatable bonds is 5. The third-order valence-electron chi connectivity index (χ3n) is 3.53. The SMILES string of the molecule is COc1cc(C)c(NS(=O)(=O)c2ccc(Cl)c(C(F)(F)F)c2)cc1OC. The molecule has 0 aliphatic carbocycles. The molecule has 0 radical (unpaired) electrons. The van der Waals surface area contributed by atoms with E-state index in [1.807, 2.05) is 0 Å². The van der Waals surface area contributed by atoms with Crippen LogP contribution in [0.3, 0.4) is 0 Å². The Balaban J connectivity index is 2.47.